The van der Waals surface area contributed by atoms with Crippen molar-refractivity contribution < 1.29 is 22.7 Å². The first-order chi connectivity index (χ1) is 13.9. The molecule has 0 aliphatic rings. The Morgan fingerprint density at radius 1 is 0.931 bits per heavy atom. The number of nitrogens with one attached hydrogen (secondary N) is 1. The predicted octanol–water partition coefficient (Wildman–Crippen LogP) is 3.77. The Hall–Kier alpha value is -2.58. The molecule has 0 aromatic heterocycles. The van der Waals surface area contributed by atoms with E-state index in [9.17, 15) is 13.2 Å². The zero-order valence-electron chi connectivity index (χ0n) is 17.3. The summed E-state index contributed by atoms with van der Waals surface area (Å²) in [5, 5.41) is 2.75. The molecule has 0 radical (unpaired) electrons. The SMILES string of the molecule is CCOc1ccc(C(=O)Nc2ccc(OCC)c(S(=O)(=O)N(CC)CC)c2)cc1. The van der Waals surface area contributed by atoms with E-state index in [-0.39, 0.29) is 16.6 Å². The lowest BCUT2D eigenvalue weighted by Crippen LogP contribution is -2.31. The van der Waals surface area contributed by atoms with E-state index in [0.29, 0.717) is 43.3 Å². The van der Waals surface area contributed by atoms with Crippen LogP contribution in [0.2, 0.25) is 0 Å². The van der Waals surface area contributed by atoms with Crippen LogP contribution in [0, 0.1) is 0 Å². The van der Waals surface area contributed by atoms with Gasteiger partial charge in [0.25, 0.3) is 5.91 Å². The van der Waals surface area contributed by atoms with Crippen molar-refractivity contribution in [1.82, 2.24) is 4.31 Å². The number of carbonyl (C=O) groups is 1. The second kappa shape index (κ2) is 10.3. The minimum atomic E-state index is -3.75. The van der Waals surface area contributed by atoms with Crippen LogP contribution in [0.15, 0.2) is 47.4 Å². The molecular weight excluding hydrogens is 392 g/mol. The van der Waals surface area contributed by atoms with Gasteiger partial charge in [-0.05, 0) is 56.3 Å². The van der Waals surface area contributed by atoms with Crippen molar-refractivity contribution in [2.75, 3.05) is 31.6 Å². The van der Waals surface area contributed by atoms with E-state index in [1.807, 2.05) is 6.92 Å². The van der Waals surface area contributed by atoms with E-state index >= 15 is 0 Å². The summed E-state index contributed by atoms with van der Waals surface area (Å²) >= 11 is 0. The molecule has 0 saturated heterocycles. The van der Waals surface area contributed by atoms with Gasteiger partial charge in [0, 0.05) is 24.3 Å². The van der Waals surface area contributed by atoms with Gasteiger partial charge >= 0.3 is 0 Å². The maximum absolute atomic E-state index is 13.0. The molecule has 2 aromatic rings. The van der Waals surface area contributed by atoms with Crippen molar-refractivity contribution in [3.8, 4) is 11.5 Å². The van der Waals surface area contributed by atoms with Crippen molar-refractivity contribution in [3.05, 3.63) is 48.0 Å². The quantitative estimate of drug-likeness (QED) is 0.632. The molecule has 2 aromatic carbocycles. The standard InChI is InChI=1S/C21H28N2O5S/c1-5-23(6-2)29(25,26)20-15-17(11-14-19(20)28-8-4)22-21(24)16-9-12-18(13-10-16)27-7-3/h9-15H,5-8H2,1-4H3,(H,22,24). The molecule has 2 rings (SSSR count). The second-order valence-corrected chi connectivity index (χ2v) is 8.00. The van der Waals surface area contributed by atoms with Crippen LogP contribution in [-0.4, -0.2) is 44.9 Å². The van der Waals surface area contributed by atoms with Crippen LogP contribution in [0.5, 0.6) is 11.5 Å². The number of rotatable bonds is 10. The minimum Gasteiger partial charge on any atom is -0.494 e. The molecule has 0 atom stereocenters. The summed E-state index contributed by atoms with van der Waals surface area (Å²) in [6, 6.07) is 11.4. The van der Waals surface area contributed by atoms with Crippen LogP contribution in [0.3, 0.4) is 0 Å². The first kappa shape index (κ1) is 22.7. The molecular formula is C21H28N2O5S. The van der Waals surface area contributed by atoms with Crippen molar-refractivity contribution in [1.29, 1.82) is 0 Å². The van der Waals surface area contributed by atoms with Crippen LogP contribution in [0.25, 0.3) is 0 Å². The predicted molar refractivity (Wildman–Crippen MR) is 113 cm³/mol. The average molecular weight is 421 g/mol. The molecule has 29 heavy (non-hydrogen) atoms. The lowest BCUT2D eigenvalue weighted by atomic mass is 10.2. The summed E-state index contributed by atoms with van der Waals surface area (Å²) in [7, 11) is -3.75. The zero-order chi connectivity index (χ0) is 21.4. The van der Waals surface area contributed by atoms with Gasteiger partial charge in [0.2, 0.25) is 10.0 Å². The fourth-order valence-corrected chi connectivity index (χ4v) is 4.45. The molecule has 1 N–H and O–H groups in total. The van der Waals surface area contributed by atoms with Crippen LogP contribution >= 0.6 is 0 Å². The number of ether oxygens (including phenoxy) is 2. The molecule has 0 spiro atoms. The Morgan fingerprint density at radius 3 is 2.10 bits per heavy atom. The second-order valence-electron chi connectivity index (χ2n) is 6.10. The molecule has 7 nitrogen and oxygen atoms in total. The first-order valence-corrected chi connectivity index (χ1v) is 11.1. The Kier molecular flexibility index (Phi) is 8.04. The lowest BCUT2D eigenvalue weighted by Gasteiger charge is -2.21. The van der Waals surface area contributed by atoms with Crippen LogP contribution in [-0.2, 0) is 10.0 Å². The highest BCUT2D eigenvalue weighted by Gasteiger charge is 2.26. The van der Waals surface area contributed by atoms with E-state index in [0.717, 1.165) is 0 Å². The highest BCUT2D eigenvalue weighted by molar-refractivity contribution is 7.89. The van der Waals surface area contributed by atoms with Gasteiger partial charge in [-0.2, -0.15) is 4.31 Å². The van der Waals surface area contributed by atoms with Crippen molar-refractivity contribution in [2.45, 2.75) is 32.6 Å². The summed E-state index contributed by atoms with van der Waals surface area (Å²) in [6.45, 7) is 8.78. The Bertz CT molecular complexity index is 923. The monoisotopic (exact) mass is 420 g/mol. The van der Waals surface area contributed by atoms with Crippen LogP contribution < -0.4 is 14.8 Å². The smallest absolute Gasteiger partial charge is 0.255 e. The molecule has 0 unspecified atom stereocenters. The Balaban J connectivity index is 2.33. The van der Waals surface area contributed by atoms with Gasteiger partial charge in [-0.1, -0.05) is 13.8 Å². The summed E-state index contributed by atoms with van der Waals surface area (Å²) in [5.74, 6) is 0.597. The van der Waals surface area contributed by atoms with E-state index in [1.165, 1.54) is 10.4 Å². The van der Waals surface area contributed by atoms with E-state index < -0.39 is 10.0 Å². The third-order valence-corrected chi connectivity index (χ3v) is 6.32. The lowest BCUT2D eigenvalue weighted by molar-refractivity contribution is 0.102. The summed E-state index contributed by atoms with van der Waals surface area (Å²) in [5.41, 5.74) is 0.813. The number of anilines is 1. The van der Waals surface area contributed by atoms with Gasteiger partial charge in [0.15, 0.2) is 0 Å². The Morgan fingerprint density at radius 2 is 1.55 bits per heavy atom. The molecule has 0 aliphatic heterocycles. The molecule has 0 aliphatic carbocycles. The maximum atomic E-state index is 13.0. The number of sulfonamides is 1. The summed E-state index contributed by atoms with van der Waals surface area (Å²) in [4.78, 5) is 12.6. The highest BCUT2D eigenvalue weighted by Crippen LogP contribution is 2.30. The number of nitrogens with zero attached hydrogens (tertiary/aromatic N) is 1. The molecule has 8 heteroatoms. The van der Waals surface area contributed by atoms with Gasteiger partial charge in [0.05, 0.1) is 13.2 Å². The van der Waals surface area contributed by atoms with Crippen molar-refractivity contribution >= 4 is 21.6 Å². The minimum absolute atomic E-state index is 0.0348. The number of amides is 1. The van der Waals surface area contributed by atoms with Crippen molar-refractivity contribution in [3.63, 3.8) is 0 Å². The topological polar surface area (TPSA) is 84.9 Å². The van der Waals surface area contributed by atoms with Crippen molar-refractivity contribution in [2.24, 2.45) is 0 Å². The van der Waals surface area contributed by atoms with E-state index in [2.05, 4.69) is 5.32 Å². The third kappa shape index (κ3) is 5.48. The van der Waals surface area contributed by atoms with Gasteiger partial charge in [-0.25, -0.2) is 8.42 Å². The fourth-order valence-electron chi connectivity index (χ4n) is 2.84. The van der Waals surface area contributed by atoms with Gasteiger partial charge in [-0.3, -0.25) is 4.79 Å². The Labute approximate surface area is 172 Å². The average Bonchev–Trinajstić information content (AvgIpc) is 2.70. The molecule has 158 valence electrons. The largest absolute Gasteiger partial charge is 0.494 e. The van der Waals surface area contributed by atoms with E-state index in [1.54, 1.807) is 57.2 Å². The summed E-state index contributed by atoms with van der Waals surface area (Å²) < 4.78 is 38.3. The number of benzene rings is 2. The van der Waals surface area contributed by atoms with E-state index in [4.69, 9.17) is 9.47 Å². The third-order valence-electron chi connectivity index (χ3n) is 4.25. The number of hydrogen-bond acceptors (Lipinski definition) is 5. The summed E-state index contributed by atoms with van der Waals surface area (Å²) in [6.07, 6.45) is 0. The fraction of sp³-hybridized carbons (Fsp3) is 0.381. The molecule has 1 amide bonds. The van der Waals surface area contributed by atoms with Crippen LogP contribution in [0.4, 0.5) is 5.69 Å². The molecule has 0 bridgehead atoms. The van der Waals surface area contributed by atoms with Gasteiger partial charge in [-0.15, -0.1) is 0 Å². The molecule has 0 heterocycles. The van der Waals surface area contributed by atoms with Gasteiger partial charge < -0.3 is 14.8 Å². The maximum Gasteiger partial charge on any atom is 0.255 e. The van der Waals surface area contributed by atoms with Gasteiger partial charge in [0.1, 0.15) is 16.4 Å². The number of carbonyl (C=O) groups excluding carboxylic acids is 1. The molecule has 0 saturated carbocycles. The number of hydrogen-bond donors (Lipinski definition) is 1. The first-order valence-electron chi connectivity index (χ1n) is 9.68. The molecule has 0 fully saturated rings. The highest BCUT2D eigenvalue weighted by atomic mass is 32.2. The van der Waals surface area contributed by atoms with Crippen LogP contribution in [0.1, 0.15) is 38.1 Å². The zero-order valence-corrected chi connectivity index (χ0v) is 18.1. The normalized spacial score (nSPS) is 11.3.